The average Bonchev–Trinajstić information content (AvgIpc) is 3.37. The van der Waals surface area contributed by atoms with E-state index in [0.717, 1.165) is 34.9 Å². The number of rotatable bonds is 5. The fourth-order valence-corrected chi connectivity index (χ4v) is 8.59. The van der Waals surface area contributed by atoms with Crippen molar-refractivity contribution < 1.29 is 9.32 Å². The molecule has 0 bridgehead atoms. The van der Waals surface area contributed by atoms with Crippen LogP contribution in [0.25, 0.3) is 0 Å². The predicted octanol–water partition coefficient (Wildman–Crippen LogP) is 1.03. The van der Waals surface area contributed by atoms with Gasteiger partial charge in [-0.05, 0) is 39.5 Å². The fourth-order valence-electron chi connectivity index (χ4n) is 4.99. The van der Waals surface area contributed by atoms with Crippen LogP contribution in [-0.4, -0.2) is 60.3 Å². The summed E-state index contributed by atoms with van der Waals surface area (Å²) in [5.41, 5.74) is 9.24. The number of nitrogens with zero attached hydrogens (tertiary/aromatic N) is 3. The summed E-state index contributed by atoms with van der Waals surface area (Å²) in [6.07, 6.45) is 5.83. The molecule has 0 radical (unpaired) electrons. The standard InChI is InChI=1S/C20H31N7O2S2/c1-20(2,3)31(29)18-16-15-12(14-4-5-24-27(14)26-16)8-13(25-17(15)30-18)11-9-22-19(23-10-11)21-6-7-28/h9-10,12-15,17,24-26,28H,4-8H2,1-3H3,(H,21,22,23). The van der Waals surface area contributed by atoms with Crippen LogP contribution in [0.5, 0.6) is 0 Å². The lowest BCUT2D eigenvalue weighted by atomic mass is 9.74. The second kappa shape index (κ2) is 8.27. The lowest BCUT2D eigenvalue weighted by molar-refractivity contribution is 0.00556. The van der Waals surface area contributed by atoms with E-state index in [1.54, 1.807) is 11.8 Å². The summed E-state index contributed by atoms with van der Waals surface area (Å²) in [4.78, 5) is 8.85. The first kappa shape index (κ1) is 21.6. The first-order chi connectivity index (χ1) is 14.9. The third-order valence-corrected chi connectivity index (χ3v) is 9.96. The van der Waals surface area contributed by atoms with E-state index < -0.39 is 10.8 Å². The van der Waals surface area contributed by atoms with Crippen molar-refractivity contribution >= 4 is 28.5 Å². The molecule has 4 aliphatic heterocycles. The number of hydrazine groups is 2. The summed E-state index contributed by atoms with van der Waals surface area (Å²) < 4.78 is 14.0. The van der Waals surface area contributed by atoms with Crippen LogP contribution in [0.4, 0.5) is 5.95 Å². The van der Waals surface area contributed by atoms with Crippen molar-refractivity contribution in [3.63, 3.8) is 0 Å². The number of aliphatic hydroxyl groups excluding tert-OH is 1. The molecule has 5 rings (SSSR count). The van der Waals surface area contributed by atoms with E-state index in [1.165, 1.54) is 0 Å². The van der Waals surface area contributed by atoms with E-state index in [2.05, 4.69) is 36.6 Å². The van der Waals surface area contributed by atoms with Crippen LogP contribution >= 0.6 is 11.8 Å². The van der Waals surface area contributed by atoms with Crippen LogP contribution in [0.3, 0.4) is 0 Å². The van der Waals surface area contributed by atoms with Gasteiger partial charge < -0.3 is 15.8 Å². The van der Waals surface area contributed by atoms with Crippen molar-refractivity contribution in [2.24, 2.45) is 11.8 Å². The molecule has 0 amide bonds. The first-order valence-electron chi connectivity index (χ1n) is 10.9. The highest BCUT2D eigenvalue weighted by molar-refractivity contribution is 8.17. The summed E-state index contributed by atoms with van der Waals surface area (Å²) in [6.45, 7) is 7.55. The number of fused-ring (bicyclic) bond motifs is 2. The molecule has 5 N–H and O–H groups in total. The van der Waals surface area contributed by atoms with Gasteiger partial charge in [-0.25, -0.2) is 15.4 Å². The molecule has 0 saturated carbocycles. The second-order valence-corrected chi connectivity index (χ2v) is 13.1. The van der Waals surface area contributed by atoms with E-state index in [4.69, 9.17) is 5.11 Å². The van der Waals surface area contributed by atoms with Crippen LogP contribution in [0.1, 0.15) is 45.2 Å². The number of piperidine rings is 1. The number of hydrogen-bond acceptors (Lipinski definition) is 10. The van der Waals surface area contributed by atoms with E-state index in [0.29, 0.717) is 30.4 Å². The lowest BCUT2D eigenvalue weighted by Crippen LogP contribution is -2.61. The number of anilines is 1. The minimum absolute atomic E-state index is 0.0465. The van der Waals surface area contributed by atoms with Gasteiger partial charge in [0, 0.05) is 53.8 Å². The van der Waals surface area contributed by atoms with Crippen molar-refractivity contribution in [2.45, 2.75) is 55.8 Å². The van der Waals surface area contributed by atoms with Gasteiger partial charge in [0.25, 0.3) is 0 Å². The van der Waals surface area contributed by atoms with E-state index in [9.17, 15) is 4.21 Å². The highest BCUT2D eigenvalue weighted by Gasteiger charge is 2.55. The Morgan fingerprint density at radius 3 is 2.84 bits per heavy atom. The zero-order valence-electron chi connectivity index (χ0n) is 18.1. The molecule has 6 unspecified atom stereocenters. The first-order valence-corrected chi connectivity index (χ1v) is 12.9. The van der Waals surface area contributed by atoms with Crippen molar-refractivity contribution in [3.8, 4) is 0 Å². The second-order valence-electron chi connectivity index (χ2n) is 9.50. The molecule has 3 fully saturated rings. The van der Waals surface area contributed by atoms with Crippen LogP contribution in [-0.2, 0) is 10.8 Å². The van der Waals surface area contributed by atoms with Gasteiger partial charge in [-0.2, -0.15) is 5.12 Å². The van der Waals surface area contributed by atoms with E-state index in [-0.39, 0.29) is 22.8 Å². The maximum atomic E-state index is 13.4. The average molecular weight is 466 g/mol. The van der Waals surface area contributed by atoms with Crippen molar-refractivity contribution in [3.05, 3.63) is 27.9 Å². The van der Waals surface area contributed by atoms with Gasteiger partial charge in [-0.1, -0.05) is 11.8 Å². The highest BCUT2D eigenvalue weighted by atomic mass is 32.2. The molecule has 0 aromatic carbocycles. The summed E-state index contributed by atoms with van der Waals surface area (Å²) in [5.74, 6) is 1.31. The molecule has 6 atom stereocenters. The molecule has 31 heavy (non-hydrogen) atoms. The summed E-state index contributed by atoms with van der Waals surface area (Å²) in [7, 11) is -1.08. The topological polar surface area (TPSA) is 114 Å². The van der Waals surface area contributed by atoms with Crippen molar-refractivity contribution in [1.29, 1.82) is 0 Å². The van der Waals surface area contributed by atoms with Gasteiger partial charge >= 0.3 is 0 Å². The predicted molar refractivity (Wildman–Crippen MR) is 123 cm³/mol. The summed E-state index contributed by atoms with van der Waals surface area (Å²) in [5, 5.41) is 18.1. The van der Waals surface area contributed by atoms with E-state index >= 15 is 0 Å². The van der Waals surface area contributed by atoms with Gasteiger partial charge in [0.15, 0.2) is 0 Å². The molecule has 1 aromatic rings. The largest absolute Gasteiger partial charge is 0.395 e. The van der Waals surface area contributed by atoms with E-state index in [1.807, 2.05) is 33.2 Å². The normalized spacial score (nSPS) is 33.6. The summed E-state index contributed by atoms with van der Waals surface area (Å²) in [6, 6.07) is 0.560. The molecule has 0 spiro atoms. The van der Waals surface area contributed by atoms with Crippen LogP contribution in [0.2, 0.25) is 0 Å². The van der Waals surface area contributed by atoms with Crippen LogP contribution in [0.15, 0.2) is 22.3 Å². The zero-order chi connectivity index (χ0) is 21.8. The van der Waals surface area contributed by atoms with Gasteiger partial charge in [-0.3, -0.25) is 9.53 Å². The Hall–Kier alpha value is -1.24. The molecule has 1 aromatic heterocycles. The number of aromatic nitrogens is 2. The third kappa shape index (κ3) is 3.89. The Labute approximate surface area is 189 Å². The van der Waals surface area contributed by atoms with Crippen LogP contribution in [0, 0.1) is 11.8 Å². The fraction of sp³-hybridized carbons (Fsp3) is 0.700. The number of thioether (sulfide) groups is 1. The number of aliphatic hydroxyl groups is 1. The maximum Gasteiger partial charge on any atom is 0.222 e. The van der Waals surface area contributed by atoms with Crippen LogP contribution < -0.4 is 21.5 Å². The van der Waals surface area contributed by atoms with Crippen molar-refractivity contribution in [1.82, 2.24) is 31.3 Å². The van der Waals surface area contributed by atoms with Gasteiger partial charge in [0.05, 0.1) is 32.7 Å². The number of nitrogens with one attached hydrogen (secondary N) is 4. The van der Waals surface area contributed by atoms with Gasteiger partial charge in [0.2, 0.25) is 5.95 Å². The van der Waals surface area contributed by atoms with Gasteiger partial charge in [-0.15, -0.1) is 0 Å². The molecule has 0 aliphatic carbocycles. The molecular weight excluding hydrogens is 434 g/mol. The molecular formula is C20H31N7O2S2. The molecule has 3 saturated heterocycles. The Balaban J connectivity index is 1.43. The lowest BCUT2D eigenvalue weighted by Gasteiger charge is -2.48. The monoisotopic (exact) mass is 465 g/mol. The molecule has 9 nitrogen and oxygen atoms in total. The Bertz CT molecular complexity index is 889. The molecule has 5 heterocycles. The van der Waals surface area contributed by atoms with Crippen molar-refractivity contribution in [2.75, 3.05) is 25.0 Å². The van der Waals surface area contributed by atoms with Gasteiger partial charge in [0.1, 0.15) is 0 Å². The smallest absolute Gasteiger partial charge is 0.222 e. The minimum atomic E-state index is -1.08. The Kier molecular flexibility index (Phi) is 5.76. The Morgan fingerprint density at radius 1 is 1.35 bits per heavy atom. The quantitative estimate of drug-likeness (QED) is 0.432. The third-order valence-electron chi connectivity index (χ3n) is 6.43. The maximum absolute atomic E-state index is 13.4. The SMILES string of the molecule is CC(C)(C)S(=O)C1=C2NN3NCCC3C3CC(c4cnc(NCCO)nc4)NC(S1)C23. The highest BCUT2D eigenvalue weighted by Crippen LogP contribution is 2.55. The molecule has 4 aliphatic rings. The number of hydrogen-bond donors (Lipinski definition) is 5. The molecule has 11 heteroatoms. The zero-order valence-corrected chi connectivity index (χ0v) is 19.7. The summed E-state index contributed by atoms with van der Waals surface area (Å²) >= 11 is 1.73. The minimum Gasteiger partial charge on any atom is -0.395 e. The molecule has 170 valence electrons. The Morgan fingerprint density at radius 2 is 2.13 bits per heavy atom.